The van der Waals surface area contributed by atoms with Crippen molar-refractivity contribution in [3.05, 3.63) is 72.8 Å². The van der Waals surface area contributed by atoms with Crippen LogP contribution in [-0.4, -0.2) is 31.3 Å². The van der Waals surface area contributed by atoms with Crippen LogP contribution in [0.15, 0.2) is 67.3 Å². The van der Waals surface area contributed by atoms with E-state index in [0.29, 0.717) is 5.95 Å². The maximum atomic E-state index is 4.56. The molecule has 0 aliphatic carbocycles. The summed E-state index contributed by atoms with van der Waals surface area (Å²) in [6.07, 6.45) is 8.09. The minimum Gasteiger partial charge on any atom is -0.370 e. The van der Waals surface area contributed by atoms with Gasteiger partial charge in [0.2, 0.25) is 0 Å². The molecular formula is C18H16N6. The molecule has 6 nitrogen and oxygen atoms in total. The first-order chi connectivity index (χ1) is 11.9. The van der Waals surface area contributed by atoms with Gasteiger partial charge in [0.15, 0.2) is 0 Å². The zero-order chi connectivity index (χ0) is 16.2. The van der Waals surface area contributed by atoms with Crippen molar-refractivity contribution in [2.75, 3.05) is 11.9 Å². The number of nitrogens with zero attached hydrogens (tertiary/aromatic N) is 5. The predicted molar refractivity (Wildman–Crippen MR) is 93.1 cm³/mol. The van der Waals surface area contributed by atoms with Crippen molar-refractivity contribution >= 4 is 16.7 Å². The van der Waals surface area contributed by atoms with Crippen LogP contribution in [0.1, 0.15) is 5.56 Å². The summed E-state index contributed by atoms with van der Waals surface area (Å²) in [4.78, 5) is 12.9. The standard InChI is InChI=1S/C18H16N6/c1-2-4-16-15(3-1)13-22-24(16)18-21-12-8-17(23-18)20-11-7-14-5-9-19-10-6-14/h1-6,8-10,12-13H,7,11H2,(H,20,21,23). The van der Waals surface area contributed by atoms with Crippen molar-refractivity contribution in [1.82, 2.24) is 24.7 Å². The van der Waals surface area contributed by atoms with Crippen LogP contribution in [-0.2, 0) is 6.42 Å². The lowest BCUT2D eigenvalue weighted by Crippen LogP contribution is -2.09. The molecule has 0 spiro atoms. The highest BCUT2D eigenvalue weighted by molar-refractivity contribution is 5.79. The molecule has 0 aliphatic rings. The Morgan fingerprint density at radius 2 is 1.83 bits per heavy atom. The van der Waals surface area contributed by atoms with E-state index in [0.717, 1.165) is 29.7 Å². The van der Waals surface area contributed by atoms with E-state index in [-0.39, 0.29) is 0 Å². The number of fused-ring (bicyclic) bond motifs is 1. The smallest absolute Gasteiger partial charge is 0.253 e. The van der Waals surface area contributed by atoms with Gasteiger partial charge in [0.05, 0.1) is 11.7 Å². The van der Waals surface area contributed by atoms with Gasteiger partial charge in [-0.15, -0.1) is 0 Å². The van der Waals surface area contributed by atoms with E-state index in [2.05, 4.69) is 25.4 Å². The Kier molecular flexibility index (Phi) is 3.85. The van der Waals surface area contributed by atoms with E-state index in [1.54, 1.807) is 23.3 Å². The van der Waals surface area contributed by atoms with Crippen molar-refractivity contribution in [3.8, 4) is 5.95 Å². The predicted octanol–water partition coefficient (Wildman–Crippen LogP) is 2.87. The van der Waals surface area contributed by atoms with Gasteiger partial charge in [-0.1, -0.05) is 18.2 Å². The average molecular weight is 316 g/mol. The SMILES string of the molecule is c1ccc2c(c1)cnn2-c1nccc(NCCc2ccncc2)n1. The number of nitrogens with one attached hydrogen (secondary N) is 1. The second-order valence-corrected chi connectivity index (χ2v) is 5.39. The van der Waals surface area contributed by atoms with E-state index < -0.39 is 0 Å². The lowest BCUT2D eigenvalue weighted by atomic mass is 10.2. The van der Waals surface area contributed by atoms with Gasteiger partial charge in [0.25, 0.3) is 5.95 Å². The Morgan fingerprint density at radius 1 is 0.958 bits per heavy atom. The van der Waals surface area contributed by atoms with Gasteiger partial charge in [-0.25, -0.2) is 4.98 Å². The van der Waals surface area contributed by atoms with Gasteiger partial charge < -0.3 is 5.32 Å². The molecule has 0 radical (unpaired) electrons. The fourth-order valence-corrected chi connectivity index (χ4v) is 2.56. The van der Waals surface area contributed by atoms with Gasteiger partial charge in [0.1, 0.15) is 5.82 Å². The largest absolute Gasteiger partial charge is 0.370 e. The summed E-state index contributed by atoms with van der Waals surface area (Å²) in [7, 11) is 0. The number of aromatic nitrogens is 5. The molecule has 3 aromatic heterocycles. The minimum absolute atomic E-state index is 0.560. The van der Waals surface area contributed by atoms with Crippen molar-refractivity contribution in [1.29, 1.82) is 0 Å². The summed E-state index contributed by atoms with van der Waals surface area (Å²) in [6, 6.07) is 13.9. The molecule has 0 bridgehead atoms. The first kappa shape index (κ1) is 14.3. The molecule has 0 fully saturated rings. The lowest BCUT2D eigenvalue weighted by Gasteiger charge is -2.07. The molecule has 1 aromatic carbocycles. The first-order valence-electron chi connectivity index (χ1n) is 7.79. The molecule has 0 saturated carbocycles. The summed E-state index contributed by atoms with van der Waals surface area (Å²) in [6.45, 7) is 0.792. The summed E-state index contributed by atoms with van der Waals surface area (Å²) in [5.41, 5.74) is 2.23. The number of para-hydroxylation sites is 1. The number of pyridine rings is 1. The van der Waals surface area contributed by atoms with Crippen molar-refractivity contribution in [2.45, 2.75) is 6.42 Å². The van der Waals surface area contributed by atoms with Crippen LogP contribution in [0.4, 0.5) is 5.82 Å². The molecule has 0 saturated heterocycles. The van der Waals surface area contributed by atoms with Gasteiger partial charge in [-0.2, -0.15) is 14.8 Å². The summed E-state index contributed by atoms with van der Waals surface area (Å²) in [5.74, 6) is 1.35. The fraction of sp³-hybridized carbons (Fsp3) is 0.111. The van der Waals surface area contributed by atoms with Crippen LogP contribution in [0, 0.1) is 0 Å². The van der Waals surface area contributed by atoms with Crippen LogP contribution >= 0.6 is 0 Å². The molecule has 4 rings (SSSR count). The maximum Gasteiger partial charge on any atom is 0.253 e. The molecule has 6 heteroatoms. The Labute approximate surface area is 139 Å². The minimum atomic E-state index is 0.560. The number of benzene rings is 1. The Balaban J connectivity index is 1.51. The first-order valence-corrected chi connectivity index (χ1v) is 7.79. The highest BCUT2D eigenvalue weighted by Gasteiger charge is 2.07. The molecular weight excluding hydrogens is 300 g/mol. The highest BCUT2D eigenvalue weighted by atomic mass is 15.3. The molecule has 4 aromatic rings. The third-order valence-corrected chi connectivity index (χ3v) is 3.78. The van der Waals surface area contributed by atoms with E-state index in [9.17, 15) is 0 Å². The molecule has 0 amide bonds. The fourth-order valence-electron chi connectivity index (χ4n) is 2.56. The normalized spacial score (nSPS) is 10.8. The molecule has 0 aliphatic heterocycles. The summed E-state index contributed by atoms with van der Waals surface area (Å²) in [5, 5.41) is 8.79. The van der Waals surface area contributed by atoms with Crippen LogP contribution in [0.2, 0.25) is 0 Å². The van der Waals surface area contributed by atoms with Crippen molar-refractivity contribution in [3.63, 3.8) is 0 Å². The highest BCUT2D eigenvalue weighted by Crippen LogP contribution is 2.16. The van der Waals surface area contributed by atoms with E-state index in [1.807, 2.05) is 48.7 Å². The molecule has 24 heavy (non-hydrogen) atoms. The number of anilines is 1. The second-order valence-electron chi connectivity index (χ2n) is 5.39. The molecule has 3 heterocycles. The van der Waals surface area contributed by atoms with Crippen LogP contribution in [0.25, 0.3) is 16.9 Å². The molecule has 1 N–H and O–H groups in total. The van der Waals surface area contributed by atoms with Crippen molar-refractivity contribution < 1.29 is 0 Å². The van der Waals surface area contributed by atoms with Crippen LogP contribution in [0.5, 0.6) is 0 Å². The van der Waals surface area contributed by atoms with E-state index >= 15 is 0 Å². The van der Waals surface area contributed by atoms with Crippen LogP contribution in [0.3, 0.4) is 0 Å². The average Bonchev–Trinajstić information content (AvgIpc) is 3.07. The topological polar surface area (TPSA) is 68.5 Å². The number of hydrogen-bond donors (Lipinski definition) is 1. The summed E-state index contributed by atoms with van der Waals surface area (Å²) >= 11 is 0. The molecule has 0 unspecified atom stereocenters. The zero-order valence-corrected chi connectivity index (χ0v) is 13.0. The van der Waals surface area contributed by atoms with Gasteiger partial charge >= 0.3 is 0 Å². The molecule has 0 atom stereocenters. The number of hydrogen-bond acceptors (Lipinski definition) is 5. The monoisotopic (exact) mass is 316 g/mol. The zero-order valence-electron chi connectivity index (χ0n) is 13.0. The third-order valence-electron chi connectivity index (χ3n) is 3.78. The second kappa shape index (κ2) is 6.45. The third kappa shape index (κ3) is 2.94. The van der Waals surface area contributed by atoms with E-state index in [4.69, 9.17) is 0 Å². The van der Waals surface area contributed by atoms with Crippen LogP contribution < -0.4 is 5.32 Å². The van der Waals surface area contributed by atoms with E-state index in [1.165, 1.54) is 5.56 Å². The summed E-state index contributed by atoms with van der Waals surface area (Å²) < 4.78 is 1.75. The Hall–Kier alpha value is -3.28. The van der Waals surface area contributed by atoms with Crippen molar-refractivity contribution in [2.24, 2.45) is 0 Å². The van der Waals surface area contributed by atoms with Gasteiger partial charge in [-0.3, -0.25) is 4.98 Å². The number of rotatable bonds is 5. The maximum absolute atomic E-state index is 4.56. The Bertz CT molecular complexity index is 948. The quantitative estimate of drug-likeness (QED) is 0.613. The molecule has 118 valence electrons. The lowest BCUT2D eigenvalue weighted by molar-refractivity contribution is 0.831. The van der Waals surface area contributed by atoms with Gasteiger partial charge in [-0.05, 0) is 36.2 Å². The Morgan fingerprint density at radius 3 is 2.75 bits per heavy atom. The van der Waals surface area contributed by atoms with Gasteiger partial charge in [0, 0.05) is 30.5 Å².